The number of carbonyl (C=O) groups is 1. The van der Waals surface area contributed by atoms with Crippen LogP contribution >= 0.6 is 15.9 Å². The molecule has 1 atom stereocenters. The highest BCUT2D eigenvalue weighted by Crippen LogP contribution is 2.32. The van der Waals surface area contributed by atoms with E-state index in [-0.39, 0.29) is 17.7 Å². The Morgan fingerprint density at radius 3 is 2.90 bits per heavy atom. The lowest BCUT2D eigenvalue weighted by atomic mass is 9.95. The molecule has 0 aromatic heterocycles. The molecule has 0 aliphatic carbocycles. The van der Waals surface area contributed by atoms with Crippen molar-refractivity contribution in [2.75, 3.05) is 13.2 Å². The van der Waals surface area contributed by atoms with Gasteiger partial charge in [-0.1, -0.05) is 29.8 Å². The van der Waals surface area contributed by atoms with Crippen LogP contribution < -0.4 is 15.8 Å². The Morgan fingerprint density at radius 1 is 1.50 bits per heavy atom. The van der Waals surface area contributed by atoms with Crippen LogP contribution in [0, 0.1) is 11.8 Å². The molecule has 0 spiro atoms. The molecule has 1 aliphatic rings. The van der Waals surface area contributed by atoms with E-state index in [0.29, 0.717) is 19.7 Å². The molecule has 1 aliphatic heterocycles. The zero-order valence-corrected chi connectivity index (χ0v) is 13.5. The zero-order valence-electron chi connectivity index (χ0n) is 11.9. The van der Waals surface area contributed by atoms with Crippen molar-refractivity contribution >= 4 is 21.8 Å². The zero-order chi connectivity index (χ0) is 14.7. The standard InChI is InChI=1S/C15H21BrN2O2/c1-9(2)13(7-17)15(19)18-8-11-6-12(16)5-10-3-4-20-14(10)11/h5-6,9,13H,3-4,7-8,17H2,1-2H3,(H,18,19). The number of hydrogen-bond acceptors (Lipinski definition) is 3. The van der Waals surface area contributed by atoms with Crippen LogP contribution in [0.4, 0.5) is 0 Å². The van der Waals surface area contributed by atoms with E-state index in [1.54, 1.807) is 0 Å². The van der Waals surface area contributed by atoms with Gasteiger partial charge in [0.05, 0.1) is 12.5 Å². The van der Waals surface area contributed by atoms with Crippen molar-refractivity contribution in [1.29, 1.82) is 0 Å². The first-order valence-corrected chi connectivity index (χ1v) is 7.74. The quantitative estimate of drug-likeness (QED) is 0.863. The fraction of sp³-hybridized carbons (Fsp3) is 0.533. The largest absolute Gasteiger partial charge is 0.493 e. The summed E-state index contributed by atoms with van der Waals surface area (Å²) in [5, 5.41) is 2.97. The van der Waals surface area contributed by atoms with E-state index in [0.717, 1.165) is 22.2 Å². The highest BCUT2D eigenvalue weighted by Gasteiger charge is 2.22. The topological polar surface area (TPSA) is 64.4 Å². The second-order valence-electron chi connectivity index (χ2n) is 5.46. The summed E-state index contributed by atoms with van der Waals surface area (Å²) in [7, 11) is 0. The number of halogens is 1. The van der Waals surface area contributed by atoms with E-state index in [1.807, 2.05) is 19.9 Å². The fourth-order valence-corrected chi connectivity index (χ4v) is 3.03. The van der Waals surface area contributed by atoms with Gasteiger partial charge in [-0.15, -0.1) is 0 Å². The van der Waals surface area contributed by atoms with Gasteiger partial charge in [-0.05, 0) is 23.6 Å². The van der Waals surface area contributed by atoms with Crippen molar-refractivity contribution in [3.8, 4) is 5.75 Å². The second-order valence-corrected chi connectivity index (χ2v) is 6.37. The van der Waals surface area contributed by atoms with Crippen LogP contribution in [0.1, 0.15) is 25.0 Å². The maximum Gasteiger partial charge on any atom is 0.224 e. The molecule has 110 valence electrons. The second kappa shape index (κ2) is 6.59. The predicted octanol–water partition coefficient (Wildman–Crippen LogP) is 2.23. The number of amides is 1. The molecular weight excluding hydrogens is 320 g/mol. The minimum Gasteiger partial charge on any atom is -0.493 e. The van der Waals surface area contributed by atoms with Crippen molar-refractivity contribution in [1.82, 2.24) is 5.32 Å². The molecule has 1 aromatic carbocycles. The Labute approximate surface area is 128 Å². The maximum absolute atomic E-state index is 12.1. The van der Waals surface area contributed by atoms with Crippen LogP contribution in [0.3, 0.4) is 0 Å². The number of fused-ring (bicyclic) bond motifs is 1. The lowest BCUT2D eigenvalue weighted by Crippen LogP contribution is -2.37. The van der Waals surface area contributed by atoms with E-state index in [1.165, 1.54) is 5.56 Å². The summed E-state index contributed by atoms with van der Waals surface area (Å²) < 4.78 is 6.67. The molecule has 4 nitrogen and oxygen atoms in total. The maximum atomic E-state index is 12.1. The van der Waals surface area contributed by atoms with Crippen molar-refractivity contribution in [3.63, 3.8) is 0 Å². The molecular formula is C15H21BrN2O2. The molecule has 5 heteroatoms. The molecule has 0 bridgehead atoms. The van der Waals surface area contributed by atoms with Crippen molar-refractivity contribution in [2.45, 2.75) is 26.8 Å². The van der Waals surface area contributed by atoms with Crippen molar-refractivity contribution < 1.29 is 9.53 Å². The van der Waals surface area contributed by atoms with Crippen LogP contribution in [-0.2, 0) is 17.8 Å². The normalized spacial score (nSPS) is 14.8. The van der Waals surface area contributed by atoms with Gasteiger partial charge in [0, 0.05) is 29.5 Å². The molecule has 0 fully saturated rings. The van der Waals surface area contributed by atoms with Gasteiger partial charge in [0.25, 0.3) is 0 Å². The smallest absolute Gasteiger partial charge is 0.224 e. The van der Waals surface area contributed by atoms with Gasteiger partial charge in [0.2, 0.25) is 5.91 Å². The predicted molar refractivity (Wildman–Crippen MR) is 82.6 cm³/mol. The fourth-order valence-electron chi connectivity index (χ4n) is 2.47. The average Bonchev–Trinajstić information content (AvgIpc) is 2.84. The first-order valence-electron chi connectivity index (χ1n) is 6.94. The third kappa shape index (κ3) is 3.33. The van der Waals surface area contributed by atoms with Gasteiger partial charge in [0.1, 0.15) is 5.75 Å². The van der Waals surface area contributed by atoms with E-state index in [4.69, 9.17) is 10.5 Å². The Hall–Kier alpha value is -1.07. The number of nitrogens with two attached hydrogens (primary N) is 1. The molecule has 0 radical (unpaired) electrons. The molecule has 1 unspecified atom stereocenters. The number of nitrogens with one attached hydrogen (secondary N) is 1. The number of ether oxygens (including phenoxy) is 1. The lowest BCUT2D eigenvalue weighted by Gasteiger charge is -2.19. The molecule has 1 aromatic rings. The summed E-state index contributed by atoms with van der Waals surface area (Å²) in [6, 6.07) is 4.07. The van der Waals surface area contributed by atoms with Crippen LogP contribution in [0.25, 0.3) is 0 Å². The molecule has 2 rings (SSSR count). The molecule has 3 N–H and O–H groups in total. The van der Waals surface area contributed by atoms with Gasteiger partial charge >= 0.3 is 0 Å². The Bertz CT molecular complexity index is 503. The van der Waals surface area contributed by atoms with Crippen molar-refractivity contribution in [3.05, 3.63) is 27.7 Å². The van der Waals surface area contributed by atoms with Gasteiger partial charge in [0.15, 0.2) is 0 Å². The van der Waals surface area contributed by atoms with Gasteiger partial charge < -0.3 is 15.8 Å². The van der Waals surface area contributed by atoms with Gasteiger partial charge in [-0.3, -0.25) is 4.79 Å². The van der Waals surface area contributed by atoms with Gasteiger partial charge in [-0.2, -0.15) is 0 Å². The van der Waals surface area contributed by atoms with Crippen LogP contribution in [-0.4, -0.2) is 19.1 Å². The Morgan fingerprint density at radius 2 is 2.25 bits per heavy atom. The van der Waals surface area contributed by atoms with Gasteiger partial charge in [-0.25, -0.2) is 0 Å². The lowest BCUT2D eigenvalue weighted by molar-refractivity contribution is -0.126. The molecule has 20 heavy (non-hydrogen) atoms. The van der Waals surface area contributed by atoms with E-state index in [9.17, 15) is 4.79 Å². The summed E-state index contributed by atoms with van der Waals surface area (Å²) in [6.07, 6.45) is 0.924. The highest BCUT2D eigenvalue weighted by atomic mass is 79.9. The monoisotopic (exact) mass is 340 g/mol. The number of hydrogen-bond donors (Lipinski definition) is 2. The minimum absolute atomic E-state index is 0.00854. The minimum atomic E-state index is -0.142. The number of carbonyl (C=O) groups excluding carboxylic acids is 1. The highest BCUT2D eigenvalue weighted by molar-refractivity contribution is 9.10. The van der Waals surface area contributed by atoms with Crippen LogP contribution in [0.5, 0.6) is 5.75 Å². The third-order valence-corrected chi connectivity index (χ3v) is 4.13. The molecule has 0 saturated heterocycles. The van der Waals surface area contributed by atoms with E-state index < -0.39 is 0 Å². The first kappa shape index (κ1) is 15.3. The first-order chi connectivity index (χ1) is 9.52. The summed E-state index contributed by atoms with van der Waals surface area (Å²) in [6.45, 7) is 5.58. The van der Waals surface area contributed by atoms with E-state index in [2.05, 4.69) is 27.3 Å². The molecule has 0 saturated carbocycles. The van der Waals surface area contributed by atoms with Crippen molar-refractivity contribution in [2.24, 2.45) is 17.6 Å². The third-order valence-electron chi connectivity index (χ3n) is 3.67. The summed E-state index contributed by atoms with van der Waals surface area (Å²) >= 11 is 3.50. The molecule has 1 heterocycles. The number of rotatable bonds is 5. The summed E-state index contributed by atoms with van der Waals surface area (Å²) in [5.41, 5.74) is 7.88. The SMILES string of the molecule is CC(C)C(CN)C(=O)NCc1cc(Br)cc2c1OCC2. The Balaban J connectivity index is 2.06. The van der Waals surface area contributed by atoms with Crippen LogP contribution in [0.15, 0.2) is 16.6 Å². The number of benzene rings is 1. The summed E-state index contributed by atoms with van der Waals surface area (Å²) in [4.78, 5) is 12.1. The Kier molecular flexibility index (Phi) is 5.05. The summed E-state index contributed by atoms with van der Waals surface area (Å²) in [5.74, 6) is 1.03. The van der Waals surface area contributed by atoms with E-state index >= 15 is 0 Å². The molecule has 1 amide bonds. The van der Waals surface area contributed by atoms with Crippen LogP contribution in [0.2, 0.25) is 0 Å². The average molecular weight is 341 g/mol.